The number of nitrogens with one attached hydrogen (secondary N) is 1. The number of phenols is 1. The number of phenolic OH excluding ortho intramolecular Hbond substituents is 1. The number of carbonyl (C=O) groups is 2. The minimum Gasteiger partial charge on any atom is -0.507 e. The van der Waals surface area contributed by atoms with Crippen molar-refractivity contribution in [2.45, 2.75) is 13.1 Å². The number of ether oxygens (including phenoxy) is 1. The monoisotopic (exact) mass is 420 g/mol. The normalized spacial score (nSPS) is 11.2. The lowest BCUT2D eigenvalue weighted by molar-refractivity contribution is -0.137. The molecule has 0 saturated heterocycles. The van der Waals surface area contributed by atoms with E-state index in [9.17, 15) is 27.9 Å². The molecule has 156 valence electrons. The third-order valence-corrected chi connectivity index (χ3v) is 3.97. The van der Waals surface area contributed by atoms with Crippen molar-refractivity contribution in [1.82, 2.24) is 14.8 Å². The molecule has 1 amide bonds. The Morgan fingerprint density at radius 1 is 1.20 bits per heavy atom. The van der Waals surface area contributed by atoms with Crippen LogP contribution in [0.25, 0.3) is 5.69 Å². The van der Waals surface area contributed by atoms with E-state index in [4.69, 9.17) is 4.74 Å². The molecule has 1 heterocycles. The number of nitrogens with zero attached hydrogens (tertiary/aromatic N) is 3. The summed E-state index contributed by atoms with van der Waals surface area (Å²) in [6.07, 6.45) is -2.20. The van der Waals surface area contributed by atoms with Crippen LogP contribution in [-0.4, -0.2) is 38.4 Å². The van der Waals surface area contributed by atoms with E-state index in [1.807, 2.05) is 0 Å². The van der Waals surface area contributed by atoms with Gasteiger partial charge in [0.15, 0.2) is 6.61 Å². The van der Waals surface area contributed by atoms with Crippen molar-refractivity contribution >= 4 is 17.6 Å². The van der Waals surface area contributed by atoms with E-state index >= 15 is 0 Å². The number of hydrogen-bond acceptors (Lipinski definition) is 6. The first-order chi connectivity index (χ1) is 14.1. The summed E-state index contributed by atoms with van der Waals surface area (Å²) in [5.74, 6) is -2.15. The van der Waals surface area contributed by atoms with Crippen molar-refractivity contribution in [2.75, 3.05) is 11.9 Å². The van der Waals surface area contributed by atoms with E-state index in [0.29, 0.717) is 5.56 Å². The molecule has 0 aliphatic carbocycles. The van der Waals surface area contributed by atoms with Crippen LogP contribution in [0.15, 0.2) is 49.1 Å². The van der Waals surface area contributed by atoms with Crippen LogP contribution in [0.3, 0.4) is 0 Å². The number of anilines is 1. The fourth-order valence-corrected chi connectivity index (χ4v) is 2.55. The zero-order valence-corrected chi connectivity index (χ0v) is 15.5. The number of aromatic nitrogens is 3. The Kier molecular flexibility index (Phi) is 5.72. The van der Waals surface area contributed by atoms with E-state index in [-0.39, 0.29) is 22.7 Å². The van der Waals surface area contributed by atoms with Crippen LogP contribution in [0.5, 0.6) is 5.75 Å². The average molecular weight is 420 g/mol. The maximum absolute atomic E-state index is 13.1. The lowest BCUT2D eigenvalue weighted by atomic mass is 10.1. The molecule has 1 aromatic heterocycles. The number of benzene rings is 2. The van der Waals surface area contributed by atoms with Gasteiger partial charge < -0.3 is 15.2 Å². The first-order valence-electron chi connectivity index (χ1n) is 8.48. The molecule has 3 rings (SSSR count). The van der Waals surface area contributed by atoms with Gasteiger partial charge in [0.05, 0.1) is 16.9 Å². The predicted molar refractivity (Wildman–Crippen MR) is 98.1 cm³/mol. The van der Waals surface area contributed by atoms with Gasteiger partial charge in [0.2, 0.25) is 0 Å². The van der Waals surface area contributed by atoms with Gasteiger partial charge in [-0.1, -0.05) is 11.6 Å². The molecule has 0 fully saturated rings. The molecular weight excluding hydrogens is 405 g/mol. The summed E-state index contributed by atoms with van der Waals surface area (Å²) in [5.41, 5.74) is -0.495. The molecule has 0 unspecified atom stereocenters. The van der Waals surface area contributed by atoms with Crippen LogP contribution in [0.1, 0.15) is 21.5 Å². The highest BCUT2D eigenvalue weighted by Gasteiger charge is 2.31. The fourth-order valence-electron chi connectivity index (χ4n) is 2.55. The molecule has 30 heavy (non-hydrogen) atoms. The number of carbonyl (C=O) groups excluding carboxylic acids is 2. The van der Waals surface area contributed by atoms with Gasteiger partial charge in [0, 0.05) is 0 Å². The molecule has 0 aliphatic heterocycles. The standard InChI is InChI=1S/C19H15F3N4O4/c1-11-2-5-16(27)13(6-11)18(29)30-8-17(28)25-14-7-12(19(20,21)22)3-4-15(14)26-10-23-9-24-26/h2-7,9-10,27H,8H2,1H3,(H,25,28). The number of aryl methyl sites for hydroxylation is 1. The van der Waals surface area contributed by atoms with Gasteiger partial charge in [-0.15, -0.1) is 0 Å². The van der Waals surface area contributed by atoms with E-state index in [1.54, 1.807) is 13.0 Å². The van der Waals surface area contributed by atoms with Gasteiger partial charge in [-0.3, -0.25) is 4.79 Å². The number of aromatic hydroxyl groups is 1. The van der Waals surface area contributed by atoms with Gasteiger partial charge in [0.1, 0.15) is 24.0 Å². The Labute approximate surface area is 167 Å². The summed E-state index contributed by atoms with van der Waals surface area (Å²) in [4.78, 5) is 28.0. The average Bonchev–Trinajstić information content (AvgIpc) is 3.22. The third-order valence-electron chi connectivity index (χ3n) is 3.97. The number of halogens is 3. The highest BCUT2D eigenvalue weighted by molar-refractivity contribution is 5.97. The van der Waals surface area contributed by atoms with Crippen LogP contribution in [-0.2, 0) is 15.7 Å². The summed E-state index contributed by atoms with van der Waals surface area (Å²) in [5, 5.41) is 15.8. The molecule has 2 N–H and O–H groups in total. The van der Waals surface area contributed by atoms with Crippen molar-refractivity contribution in [3.8, 4) is 11.4 Å². The summed E-state index contributed by atoms with van der Waals surface area (Å²) in [7, 11) is 0. The molecule has 0 aliphatic rings. The molecular formula is C19H15F3N4O4. The highest BCUT2D eigenvalue weighted by atomic mass is 19.4. The maximum Gasteiger partial charge on any atom is 0.416 e. The Balaban J connectivity index is 1.77. The van der Waals surface area contributed by atoms with Crippen molar-refractivity contribution in [3.05, 3.63) is 65.7 Å². The Bertz CT molecular complexity index is 1080. The van der Waals surface area contributed by atoms with Crippen LogP contribution in [0.4, 0.5) is 18.9 Å². The number of amides is 1. The second-order valence-corrected chi connectivity index (χ2v) is 6.21. The summed E-state index contributed by atoms with van der Waals surface area (Å²) in [6, 6.07) is 6.97. The summed E-state index contributed by atoms with van der Waals surface area (Å²) in [6.45, 7) is 0.918. The van der Waals surface area contributed by atoms with E-state index < -0.39 is 30.2 Å². The lowest BCUT2D eigenvalue weighted by Crippen LogP contribution is -2.22. The molecule has 8 nitrogen and oxygen atoms in total. The number of rotatable bonds is 5. The molecule has 0 atom stereocenters. The van der Waals surface area contributed by atoms with Gasteiger partial charge >= 0.3 is 12.1 Å². The molecule has 2 aromatic carbocycles. The fraction of sp³-hybridized carbons (Fsp3) is 0.158. The Hall–Kier alpha value is -3.89. The quantitative estimate of drug-likeness (QED) is 0.615. The molecule has 0 spiro atoms. The van der Waals surface area contributed by atoms with Crippen LogP contribution in [0.2, 0.25) is 0 Å². The van der Waals surface area contributed by atoms with Crippen LogP contribution < -0.4 is 5.32 Å². The van der Waals surface area contributed by atoms with Gasteiger partial charge in [-0.2, -0.15) is 18.3 Å². The first-order valence-corrected chi connectivity index (χ1v) is 8.48. The zero-order valence-electron chi connectivity index (χ0n) is 15.5. The van der Waals surface area contributed by atoms with Gasteiger partial charge in [-0.05, 0) is 37.3 Å². The third kappa shape index (κ3) is 4.74. The lowest BCUT2D eigenvalue weighted by Gasteiger charge is -2.14. The topological polar surface area (TPSA) is 106 Å². The van der Waals surface area contributed by atoms with E-state index in [1.165, 1.54) is 29.5 Å². The molecule has 0 saturated carbocycles. The Morgan fingerprint density at radius 3 is 2.63 bits per heavy atom. The van der Waals surface area contributed by atoms with Crippen LogP contribution >= 0.6 is 0 Å². The van der Waals surface area contributed by atoms with Crippen molar-refractivity contribution in [1.29, 1.82) is 0 Å². The van der Waals surface area contributed by atoms with Gasteiger partial charge in [0.25, 0.3) is 5.91 Å². The summed E-state index contributed by atoms with van der Waals surface area (Å²) < 4.78 is 45.2. The Morgan fingerprint density at radius 2 is 1.97 bits per heavy atom. The second-order valence-electron chi connectivity index (χ2n) is 6.21. The van der Waals surface area contributed by atoms with Crippen molar-refractivity contribution < 1.29 is 32.6 Å². The molecule has 11 heteroatoms. The van der Waals surface area contributed by atoms with E-state index in [2.05, 4.69) is 15.4 Å². The van der Waals surface area contributed by atoms with Gasteiger partial charge in [-0.25, -0.2) is 14.5 Å². The highest BCUT2D eigenvalue weighted by Crippen LogP contribution is 2.33. The minimum absolute atomic E-state index is 0.134. The first kappa shape index (κ1) is 20.8. The van der Waals surface area contributed by atoms with E-state index in [0.717, 1.165) is 18.2 Å². The summed E-state index contributed by atoms with van der Waals surface area (Å²) >= 11 is 0. The SMILES string of the molecule is Cc1ccc(O)c(C(=O)OCC(=O)Nc2cc(C(F)(F)F)ccc2-n2cncn2)c1. The largest absolute Gasteiger partial charge is 0.507 e. The molecule has 0 bridgehead atoms. The second kappa shape index (κ2) is 8.23. The predicted octanol–water partition coefficient (Wildman–Crippen LogP) is 3.10. The van der Waals surface area contributed by atoms with Crippen molar-refractivity contribution in [2.24, 2.45) is 0 Å². The number of hydrogen-bond donors (Lipinski definition) is 2. The molecule has 3 aromatic rings. The maximum atomic E-state index is 13.1. The number of alkyl halides is 3. The molecule has 0 radical (unpaired) electrons. The minimum atomic E-state index is -4.63. The smallest absolute Gasteiger partial charge is 0.416 e. The zero-order chi connectivity index (χ0) is 21.9. The van der Waals surface area contributed by atoms with Crippen molar-refractivity contribution in [3.63, 3.8) is 0 Å². The number of esters is 1. The van der Waals surface area contributed by atoms with Crippen LogP contribution in [0, 0.1) is 6.92 Å².